The predicted molar refractivity (Wildman–Crippen MR) is 95.3 cm³/mol. The minimum absolute atomic E-state index is 0. The molecule has 0 saturated heterocycles. The van der Waals surface area contributed by atoms with E-state index in [1.54, 1.807) is 48.5 Å². The number of hydrogen-bond donors (Lipinski definition) is 0. The molecular formula is C20H16LiO3P. The van der Waals surface area contributed by atoms with Crippen molar-refractivity contribution in [2.24, 2.45) is 0 Å². The number of hydrogen-bond acceptors (Lipinski definition) is 3. The topological polar surface area (TPSA) is 57.2 Å². The fourth-order valence-corrected chi connectivity index (χ4v) is 5.43. The molecule has 3 aromatic carbocycles. The van der Waals surface area contributed by atoms with Gasteiger partial charge in [-0.3, -0.25) is 4.79 Å². The molecule has 3 rings (SSSR count). The molecule has 0 unspecified atom stereocenters. The Morgan fingerprint density at radius 1 is 0.840 bits per heavy atom. The summed E-state index contributed by atoms with van der Waals surface area (Å²) in [5, 5.41) is 13.8. The minimum atomic E-state index is -3.35. The molecule has 0 aliphatic carbocycles. The third-order valence-electron chi connectivity index (χ3n) is 3.94. The SMILES string of the molecule is CC(=O)c1ccc([O-])c(P(=O)(c2ccccc2)c2ccccc2)c1.[Li+]. The van der Waals surface area contributed by atoms with Gasteiger partial charge >= 0.3 is 18.9 Å². The fraction of sp³-hybridized carbons (Fsp3) is 0.0500. The maximum Gasteiger partial charge on any atom is 1.00 e. The van der Waals surface area contributed by atoms with E-state index in [0.717, 1.165) is 0 Å². The molecule has 0 radical (unpaired) electrons. The maximum absolute atomic E-state index is 14.1. The maximum atomic E-state index is 14.1. The Balaban J connectivity index is 0.00000225. The minimum Gasteiger partial charge on any atom is -0.872 e. The second-order valence-corrected chi connectivity index (χ2v) is 8.25. The van der Waals surface area contributed by atoms with Crippen LogP contribution >= 0.6 is 7.14 Å². The van der Waals surface area contributed by atoms with Gasteiger partial charge in [-0.25, -0.2) is 0 Å². The van der Waals surface area contributed by atoms with Gasteiger partial charge in [-0.05, 0) is 13.0 Å². The van der Waals surface area contributed by atoms with Crippen LogP contribution in [0.15, 0.2) is 78.9 Å². The molecule has 25 heavy (non-hydrogen) atoms. The monoisotopic (exact) mass is 342 g/mol. The van der Waals surface area contributed by atoms with Crippen molar-refractivity contribution >= 4 is 28.8 Å². The van der Waals surface area contributed by atoms with E-state index >= 15 is 0 Å². The van der Waals surface area contributed by atoms with Gasteiger partial charge in [0, 0.05) is 21.5 Å². The van der Waals surface area contributed by atoms with Crippen LogP contribution in [0.25, 0.3) is 0 Å². The quantitative estimate of drug-likeness (QED) is 0.369. The van der Waals surface area contributed by atoms with E-state index in [4.69, 9.17) is 0 Å². The molecule has 0 heterocycles. The Kier molecular flexibility index (Phi) is 6.09. The summed E-state index contributed by atoms with van der Waals surface area (Å²) in [6, 6.07) is 22.2. The van der Waals surface area contributed by atoms with Crippen molar-refractivity contribution in [3.8, 4) is 5.75 Å². The summed E-state index contributed by atoms with van der Waals surface area (Å²) in [6.45, 7) is 1.43. The summed E-state index contributed by atoms with van der Waals surface area (Å²) in [4.78, 5) is 11.7. The molecule has 0 bridgehead atoms. The van der Waals surface area contributed by atoms with E-state index < -0.39 is 7.14 Å². The van der Waals surface area contributed by atoms with Crippen LogP contribution in [0.5, 0.6) is 5.75 Å². The van der Waals surface area contributed by atoms with E-state index in [1.165, 1.54) is 25.1 Å². The first-order valence-electron chi connectivity index (χ1n) is 7.57. The zero-order valence-corrected chi connectivity index (χ0v) is 15.1. The van der Waals surface area contributed by atoms with E-state index in [0.29, 0.717) is 16.2 Å². The molecule has 0 fully saturated rings. The average Bonchev–Trinajstić information content (AvgIpc) is 2.62. The van der Waals surface area contributed by atoms with Crippen molar-refractivity contribution in [3.05, 3.63) is 84.4 Å². The number of carbonyl (C=O) groups excluding carboxylic acids is 1. The summed E-state index contributed by atoms with van der Waals surface area (Å²) >= 11 is 0. The van der Waals surface area contributed by atoms with Crippen LogP contribution in [-0.4, -0.2) is 5.78 Å². The van der Waals surface area contributed by atoms with E-state index in [-0.39, 0.29) is 35.7 Å². The molecule has 5 heteroatoms. The molecule has 0 aliphatic heterocycles. The first-order chi connectivity index (χ1) is 11.5. The van der Waals surface area contributed by atoms with Crippen molar-refractivity contribution < 1.29 is 33.3 Å². The van der Waals surface area contributed by atoms with E-state index in [9.17, 15) is 14.5 Å². The van der Waals surface area contributed by atoms with Crippen molar-refractivity contribution in [3.63, 3.8) is 0 Å². The summed E-state index contributed by atoms with van der Waals surface area (Å²) in [7, 11) is -3.35. The van der Waals surface area contributed by atoms with Gasteiger partial charge in [0.1, 0.15) is 0 Å². The second kappa shape index (κ2) is 7.89. The van der Waals surface area contributed by atoms with Crippen molar-refractivity contribution in [1.29, 1.82) is 0 Å². The summed E-state index contributed by atoms with van der Waals surface area (Å²) in [5.41, 5.74) is 0.386. The Labute approximate surface area is 159 Å². The van der Waals surface area contributed by atoms with Crippen molar-refractivity contribution in [2.45, 2.75) is 6.92 Å². The molecule has 0 amide bonds. The number of Topliss-reactive ketones (excluding diaryl/α,β-unsaturated/α-hetero) is 1. The van der Waals surface area contributed by atoms with Gasteiger partial charge in [0.05, 0.1) is 0 Å². The molecule has 120 valence electrons. The normalized spacial score (nSPS) is 10.8. The molecule has 0 aliphatic rings. The Bertz CT molecular complexity index is 881. The van der Waals surface area contributed by atoms with Crippen molar-refractivity contribution in [1.82, 2.24) is 0 Å². The molecule has 0 saturated carbocycles. The zero-order chi connectivity index (χ0) is 17.2. The van der Waals surface area contributed by atoms with E-state index in [2.05, 4.69) is 0 Å². The summed E-state index contributed by atoms with van der Waals surface area (Å²) < 4.78 is 14.1. The molecule has 0 atom stereocenters. The third kappa shape index (κ3) is 3.65. The van der Waals surface area contributed by atoms with Gasteiger partial charge in [-0.1, -0.05) is 78.5 Å². The van der Waals surface area contributed by atoms with Crippen LogP contribution in [0.4, 0.5) is 0 Å². The average molecular weight is 342 g/mol. The number of ketones is 1. The Morgan fingerprint density at radius 2 is 1.32 bits per heavy atom. The standard InChI is InChI=1S/C20H17O3P.Li/c1-15(21)16-12-13-19(22)20(14-16)24(23,17-8-4-2-5-9-17)18-10-6-3-7-11-18;/h2-14,22H,1H3;/q;+1/p-1. The first-order valence-corrected chi connectivity index (χ1v) is 9.28. The number of rotatable bonds is 4. The molecule has 3 aromatic rings. The number of benzene rings is 3. The van der Waals surface area contributed by atoms with Crippen LogP contribution in [0.2, 0.25) is 0 Å². The van der Waals surface area contributed by atoms with Crippen LogP contribution < -0.4 is 39.9 Å². The van der Waals surface area contributed by atoms with Crippen LogP contribution in [0.1, 0.15) is 17.3 Å². The fourth-order valence-electron chi connectivity index (χ4n) is 2.69. The van der Waals surface area contributed by atoms with Crippen LogP contribution in [-0.2, 0) is 4.57 Å². The first kappa shape index (κ1) is 19.3. The molecule has 3 nitrogen and oxygen atoms in total. The number of carbonyl (C=O) groups is 1. The Hall–Kier alpha value is -2.04. The summed E-state index contributed by atoms with van der Waals surface area (Å²) in [6.07, 6.45) is 0. The zero-order valence-electron chi connectivity index (χ0n) is 14.2. The molecule has 0 aromatic heterocycles. The van der Waals surface area contributed by atoms with Gasteiger partial charge in [0.2, 0.25) is 0 Å². The molecule has 0 spiro atoms. The van der Waals surface area contributed by atoms with Crippen molar-refractivity contribution in [2.75, 3.05) is 0 Å². The second-order valence-electron chi connectivity index (χ2n) is 5.52. The van der Waals surface area contributed by atoms with Crippen LogP contribution in [0.3, 0.4) is 0 Å². The van der Waals surface area contributed by atoms with Crippen LogP contribution in [0, 0.1) is 0 Å². The summed E-state index contributed by atoms with van der Waals surface area (Å²) in [5.74, 6) is -0.486. The van der Waals surface area contributed by atoms with Gasteiger partial charge in [0.25, 0.3) is 0 Å². The third-order valence-corrected chi connectivity index (χ3v) is 7.02. The predicted octanol–water partition coefficient (Wildman–Crippen LogP) is -0.394. The molecule has 0 N–H and O–H groups in total. The smallest absolute Gasteiger partial charge is 0.872 e. The van der Waals surface area contributed by atoms with E-state index in [1.807, 2.05) is 12.1 Å². The van der Waals surface area contributed by atoms with Gasteiger partial charge in [-0.2, -0.15) is 0 Å². The largest absolute Gasteiger partial charge is 1.00 e. The van der Waals surface area contributed by atoms with Gasteiger partial charge in [-0.15, -0.1) is 0 Å². The molecular weight excluding hydrogens is 326 g/mol. The Morgan fingerprint density at radius 3 is 1.76 bits per heavy atom. The van der Waals surface area contributed by atoms with Gasteiger partial charge < -0.3 is 9.67 Å². The van der Waals surface area contributed by atoms with Gasteiger partial charge in [0.15, 0.2) is 12.9 Å².